The molecular weight excluding hydrogens is 772 g/mol. The number of nitrogens with one attached hydrogen (secondary N) is 4. The first-order valence-electron chi connectivity index (χ1n) is 20.2. The van der Waals surface area contributed by atoms with Gasteiger partial charge in [-0.25, -0.2) is 4.79 Å². The first-order chi connectivity index (χ1) is 27.9. The first-order valence-corrected chi connectivity index (χ1v) is 20.2. The number of carbonyl (C=O) groups is 7. The largest absolute Gasteiger partial charge is 0.480 e. The molecular formula is C36H66N14O9. The van der Waals surface area contributed by atoms with Crippen molar-refractivity contribution < 1.29 is 43.8 Å². The number of rotatable bonds is 25. The highest BCUT2D eigenvalue weighted by Gasteiger charge is 2.42. The van der Waals surface area contributed by atoms with E-state index in [0.29, 0.717) is 32.2 Å². The van der Waals surface area contributed by atoms with Gasteiger partial charge in [0.05, 0.1) is 12.6 Å². The summed E-state index contributed by atoms with van der Waals surface area (Å²) in [6.45, 7) is 3.53. The fourth-order valence-corrected chi connectivity index (χ4v) is 6.85. The van der Waals surface area contributed by atoms with Gasteiger partial charge in [0, 0.05) is 26.2 Å². The van der Waals surface area contributed by atoms with E-state index < -0.39 is 90.3 Å². The van der Waals surface area contributed by atoms with Crippen molar-refractivity contribution >= 4 is 53.3 Å². The van der Waals surface area contributed by atoms with Gasteiger partial charge in [-0.2, -0.15) is 0 Å². The predicted molar refractivity (Wildman–Crippen MR) is 217 cm³/mol. The molecule has 0 unspecified atom stereocenters. The molecule has 0 saturated carbocycles. The van der Waals surface area contributed by atoms with Gasteiger partial charge in [0.1, 0.15) is 36.3 Å². The molecule has 0 radical (unpaired) electrons. The van der Waals surface area contributed by atoms with Crippen LogP contribution in [-0.2, 0) is 33.6 Å². The smallest absolute Gasteiger partial charge is 0.326 e. The Bertz CT molecular complexity index is 1500. The zero-order valence-electron chi connectivity index (χ0n) is 34.1. The summed E-state index contributed by atoms with van der Waals surface area (Å²) >= 11 is 0. The summed E-state index contributed by atoms with van der Waals surface area (Å²) in [7, 11) is 0. The van der Waals surface area contributed by atoms with Gasteiger partial charge in [0.25, 0.3) is 0 Å². The molecule has 2 fully saturated rings. The number of carboxylic acid groups (broad SMARTS) is 1. The molecule has 0 aliphatic carbocycles. The van der Waals surface area contributed by atoms with Crippen LogP contribution in [0.5, 0.6) is 0 Å². The number of amides is 6. The van der Waals surface area contributed by atoms with Gasteiger partial charge in [-0.3, -0.25) is 38.8 Å². The van der Waals surface area contributed by atoms with E-state index in [2.05, 4.69) is 31.3 Å². The number of carboxylic acids is 1. The summed E-state index contributed by atoms with van der Waals surface area (Å²) in [6.07, 6.45) is 2.99. The predicted octanol–water partition coefficient (Wildman–Crippen LogP) is -4.80. The fourth-order valence-electron chi connectivity index (χ4n) is 6.85. The number of aliphatic imine (C=N–C) groups is 2. The Kier molecular flexibility index (Phi) is 21.3. The number of likely N-dealkylation sites (tertiary alicyclic amines) is 2. The Morgan fingerprint density at radius 2 is 1.12 bits per heavy atom. The molecule has 2 saturated heterocycles. The SMILES string of the molecule is CC(C)[C@H](N)C(=O)N[C@@H](CO)C(=O)N[C@@H](CCCCN)C(=O)N[C@@H](CCCN=C(N)N)C(=O)N1CCC[C@H]1C(=O)N[C@@H](CCCN=C(N)N)C(=O)N1CCC[C@H]1C(=O)O. The number of aliphatic hydroxyl groups is 1. The standard InChI is InChI=1S/C36H66N14O9/c1-20(2)27(38)31(55)48-24(19-51)29(53)45-21(9-3-4-14-37)28(52)46-22(10-5-15-43-35(39)40)32(56)49-17-7-12-25(49)30(54)47-23(11-6-16-44-36(41)42)33(57)50-18-8-13-26(50)34(58)59/h20-27,51H,3-19,37-38H2,1-2H3,(H,45,53)(H,46,52)(H,47,54)(H,48,55)(H,58,59)(H4,39,40,43)(H4,41,42,44)/t21-,22-,23-,24-,25-,26-,27-/m0/s1. The van der Waals surface area contributed by atoms with Gasteiger partial charge in [0.2, 0.25) is 35.4 Å². The third kappa shape index (κ3) is 16.1. The maximum absolute atomic E-state index is 14.3. The first kappa shape index (κ1) is 49.9. The van der Waals surface area contributed by atoms with Gasteiger partial charge >= 0.3 is 5.97 Å². The number of unbranched alkanes of at least 4 members (excludes halogenated alkanes) is 1. The Morgan fingerprint density at radius 1 is 0.661 bits per heavy atom. The Hall–Kier alpha value is -5.29. The number of nitrogens with zero attached hydrogens (tertiary/aromatic N) is 4. The van der Waals surface area contributed by atoms with Crippen LogP contribution in [0.15, 0.2) is 9.98 Å². The Balaban J connectivity index is 2.35. The summed E-state index contributed by atoms with van der Waals surface area (Å²) in [4.78, 5) is 104. The molecule has 0 bridgehead atoms. The number of aliphatic hydroxyl groups excluding tert-OH is 1. The molecule has 2 heterocycles. The Morgan fingerprint density at radius 3 is 1.61 bits per heavy atom. The van der Waals surface area contributed by atoms with Crippen molar-refractivity contribution in [2.24, 2.45) is 50.3 Å². The molecule has 23 nitrogen and oxygen atoms in total. The summed E-state index contributed by atoms with van der Waals surface area (Å²) in [6, 6.07) is -8.08. The highest BCUT2D eigenvalue weighted by molar-refractivity contribution is 5.97. The normalized spacial score (nSPS) is 18.8. The van der Waals surface area contributed by atoms with Gasteiger partial charge in [-0.05, 0) is 83.1 Å². The van der Waals surface area contributed by atoms with Gasteiger partial charge in [-0.15, -0.1) is 0 Å². The van der Waals surface area contributed by atoms with E-state index in [1.165, 1.54) is 9.80 Å². The summed E-state index contributed by atoms with van der Waals surface area (Å²) in [5.74, 6) is -5.87. The maximum atomic E-state index is 14.3. The molecule has 0 aromatic heterocycles. The third-order valence-electron chi connectivity index (χ3n) is 10.2. The average molecular weight is 839 g/mol. The van der Waals surface area contributed by atoms with Crippen molar-refractivity contribution in [2.75, 3.05) is 39.3 Å². The van der Waals surface area contributed by atoms with Crippen LogP contribution in [0.1, 0.15) is 84.5 Å². The van der Waals surface area contributed by atoms with E-state index in [4.69, 9.17) is 34.4 Å². The number of guanidine groups is 2. The Labute approximate surface area is 344 Å². The van der Waals surface area contributed by atoms with Crippen molar-refractivity contribution in [1.29, 1.82) is 0 Å². The second-order valence-corrected chi connectivity index (χ2v) is 15.1. The molecule has 2 aliphatic heterocycles. The van der Waals surface area contributed by atoms with E-state index in [1.54, 1.807) is 13.8 Å². The minimum Gasteiger partial charge on any atom is -0.480 e. The number of carbonyl (C=O) groups excluding carboxylic acids is 6. The minimum atomic E-state index is -1.43. The molecule has 2 rings (SSSR count). The number of hydrogen-bond donors (Lipinski definition) is 12. The molecule has 59 heavy (non-hydrogen) atoms. The van der Waals surface area contributed by atoms with Crippen LogP contribution in [0.3, 0.4) is 0 Å². The van der Waals surface area contributed by atoms with Crippen molar-refractivity contribution in [2.45, 2.75) is 127 Å². The van der Waals surface area contributed by atoms with Crippen LogP contribution < -0.4 is 55.7 Å². The van der Waals surface area contributed by atoms with Crippen LogP contribution in [0.2, 0.25) is 0 Å². The lowest BCUT2D eigenvalue weighted by Crippen LogP contribution is -2.60. The second kappa shape index (κ2) is 25.3. The maximum Gasteiger partial charge on any atom is 0.326 e. The van der Waals surface area contributed by atoms with Gasteiger partial charge in [0.15, 0.2) is 11.9 Å². The number of aliphatic carboxylic acids is 1. The highest BCUT2D eigenvalue weighted by Crippen LogP contribution is 2.23. The van der Waals surface area contributed by atoms with E-state index >= 15 is 0 Å². The van der Waals surface area contributed by atoms with Crippen LogP contribution in [-0.4, -0.2) is 155 Å². The molecule has 6 amide bonds. The minimum absolute atomic E-state index is 0.0233. The lowest BCUT2D eigenvalue weighted by atomic mass is 10.0. The molecule has 2 aliphatic rings. The van der Waals surface area contributed by atoms with Crippen LogP contribution in [0.4, 0.5) is 0 Å². The molecule has 0 aromatic rings. The molecule has 7 atom stereocenters. The van der Waals surface area contributed by atoms with Crippen LogP contribution in [0.25, 0.3) is 0 Å². The molecule has 0 aromatic carbocycles. The van der Waals surface area contributed by atoms with Crippen LogP contribution >= 0.6 is 0 Å². The number of nitrogens with two attached hydrogens (primary N) is 6. The van der Waals surface area contributed by atoms with Crippen LogP contribution in [0, 0.1) is 5.92 Å². The lowest BCUT2D eigenvalue weighted by Gasteiger charge is -2.32. The van der Waals surface area contributed by atoms with Crippen molar-refractivity contribution in [3.8, 4) is 0 Å². The molecule has 23 heteroatoms. The average Bonchev–Trinajstić information content (AvgIpc) is 3.89. The van der Waals surface area contributed by atoms with E-state index in [9.17, 15) is 43.8 Å². The summed E-state index contributed by atoms with van der Waals surface area (Å²) < 4.78 is 0. The van der Waals surface area contributed by atoms with E-state index in [1.807, 2.05) is 0 Å². The monoisotopic (exact) mass is 839 g/mol. The molecule has 0 spiro atoms. The third-order valence-corrected chi connectivity index (χ3v) is 10.2. The quantitative estimate of drug-likeness (QED) is 0.0233. The van der Waals surface area contributed by atoms with Gasteiger partial charge < -0.3 is 75.7 Å². The highest BCUT2D eigenvalue weighted by atomic mass is 16.4. The summed E-state index contributed by atoms with van der Waals surface area (Å²) in [5, 5.41) is 30.1. The van der Waals surface area contributed by atoms with Crippen molar-refractivity contribution in [3.05, 3.63) is 0 Å². The topological polar surface area (TPSA) is 395 Å². The zero-order chi connectivity index (χ0) is 44.2. The molecule has 18 N–H and O–H groups in total. The van der Waals surface area contributed by atoms with E-state index in [0.717, 1.165) is 0 Å². The molecule has 334 valence electrons. The second-order valence-electron chi connectivity index (χ2n) is 15.1. The van der Waals surface area contributed by atoms with E-state index in [-0.39, 0.29) is 89.0 Å². The number of hydrogen-bond acceptors (Lipinski definition) is 12. The summed E-state index contributed by atoms with van der Waals surface area (Å²) in [5.41, 5.74) is 33.4. The van der Waals surface area contributed by atoms with Crippen molar-refractivity contribution in [3.63, 3.8) is 0 Å². The van der Waals surface area contributed by atoms with Gasteiger partial charge in [-0.1, -0.05) is 13.8 Å². The van der Waals surface area contributed by atoms with Crippen molar-refractivity contribution in [1.82, 2.24) is 31.1 Å². The lowest BCUT2D eigenvalue weighted by molar-refractivity contribution is -0.150. The fraction of sp³-hybridized carbons (Fsp3) is 0.750. The zero-order valence-corrected chi connectivity index (χ0v) is 34.1.